The minimum Gasteiger partial charge on any atom is -0.505 e. The number of aryl methyl sites for hydroxylation is 3. The number of rotatable bonds is 11. The molecular formula is C38H32N8O11S3. The Morgan fingerprint density at radius 1 is 0.567 bits per heavy atom. The molecule has 0 unspecified atom stereocenters. The molecule has 6 aromatic rings. The van der Waals surface area contributed by atoms with Crippen molar-refractivity contribution in [3.05, 3.63) is 119 Å². The molecular weight excluding hydrogens is 841 g/mol. The van der Waals surface area contributed by atoms with Crippen LogP contribution in [0, 0.1) is 20.8 Å². The summed E-state index contributed by atoms with van der Waals surface area (Å²) in [6.07, 6.45) is 0. The van der Waals surface area contributed by atoms with Crippen LogP contribution >= 0.6 is 0 Å². The first-order valence-electron chi connectivity index (χ1n) is 17.1. The van der Waals surface area contributed by atoms with Gasteiger partial charge in [-0.3, -0.25) is 18.5 Å². The molecule has 0 heterocycles. The van der Waals surface area contributed by atoms with Crippen LogP contribution in [-0.2, 0) is 30.4 Å². The van der Waals surface area contributed by atoms with Gasteiger partial charge in [0.05, 0.1) is 27.6 Å². The van der Waals surface area contributed by atoms with Gasteiger partial charge in [0.15, 0.2) is 5.75 Å². The number of carbonyl (C=O) groups is 1. The summed E-state index contributed by atoms with van der Waals surface area (Å²) in [7, 11) is -14.7. The Morgan fingerprint density at radius 2 is 1.13 bits per heavy atom. The first-order chi connectivity index (χ1) is 28.1. The van der Waals surface area contributed by atoms with Gasteiger partial charge in [-0.15, -0.1) is 10.2 Å². The van der Waals surface area contributed by atoms with Crippen molar-refractivity contribution >= 4 is 92.5 Å². The average Bonchev–Trinajstić information content (AvgIpc) is 3.16. The number of fused-ring (bicyclic) bond motifs is 1. The summed E-state index contributed by atoms with van der Waals surface area (Å²) < 4.78 is 100. The molecule has 0 spiro atoms. The third-order valence-corrected chi connectivity index (χ3v) is 11.4. The molecule has 1 amide bonds. The summed E-state index contributed by atoms with van der Waals surface area (Å²) in [6.45, 7) is 5.06. The molecule has 0 aliphatic carbocycles. The number of nitrogen functional groups attached to an aromatic ring is 1. The molecule has 0 atom stereocenters. The monoisotopic (exact) mass is 872 g/mol. The predicted octanol–water partition coefficient (Wildman–Crippen LogP) is 9.29. The minimum absolute atomic E-state index is 0.163. The van der Waals surface area contributed by atoms with Crippen molar-refractivity contribution < 1.29 is 48.8 Å². The normalized spacial score (nSPS) is 12.6. The molecule has 22 heteroatoms. The molecule has 19 nitrogen and oxygen atoms in total. The fraction of sp³-hybridized carbons (Fsp3) is 0.0789. The Bertz CT molecular complexity index is 3170. The van der Waals surface area contributed by atoms with Gasteiger partial charge in [0.2, 0.25) is 0 Å². The average molecular weight is 873 g/mol. The molecule has 0 radical (unpaired) electrons. The van der Waals surface area contributed by atoms with E-state index in [1.54, 1.807) is 57.2 Å². The number of amides is 1. The zero-order valence-corrected chi connectivity index (χ0v) is 33.8. The van der Waals surface area contributed by atoms with Crippen LogP contribution in [0.4, 0.5) is 45.5 Å². The highest BCUT2D eigenvalue weighted by atomic mass is 32.2. The number of hydrogen-bond donors (Lipinski definition) is 6. The van der Waals surface area contributed by atoms with E-state index < -0.39 is 62.4 Å². The zero-order valence-electron chi connectivity index (χ0n) is 31.4. The van der Waals surface area contributed by atoms with E-state index in [9.17, 15) is 48.8 Å². The number of hydrogen-bond acceptors (Lipinski definition) is 15. The molecule has 6 rings (SSSR count). The lowest BCUT2D eigenvalue weighted by Gasteiger charge is -2.11. The lowest BCUT2D eigenvalue weighted by Crippen LogP contribution is -2.11. The van der Waals surface area contributed by atoms with E-state index in [-0.39, 0.29) is 33.5 Å². The Labute approximate surface area is 342 Å². The Hall–Kier alpha value is -6.82. The maximum absolute atomic E-state index is 12.7. The van der Waals surface area contributed by atoms with Crippen molar-refractivity contribution in [2.24, 2.45) is 30.7 Å². The highest BCUT2D eigenvalue weighted by Crippen LogP contribution is 2.43. The lowest BCUT2D eigenvalue weighted by atomic mass is 10.1. The molecule has 0 saturated carbocycles. The second-order valence-corrected chi connectivity index (χ2v) is 17.3. The van der Waals surface area contributed by atoms with Gasteiger partial charge in [0.25, 0.3) is 36.3 Å². The van der Waals surface area contributed by atoms with E-state index in [0.717, 1.165) is 18.2 Å². The van der Waals surface area contributed by atoms with E-state index >= 15 is 0 Å². The summed E-state index contributed by atoms with van der Waals surface area (Å²) in [5.74, 6) is -1.04. The third-order valence-electron chi connectivity index (χ3n) is 8.76. The maximum atomic E-state index is 12.7. The molecule has 0 aliphatic rings. The van der Waals surface area contributed by atoms with Gasteiger partial charge in [-0.25, -0.2) is 0 Å². The second-order valence-electron chi connectivity index (χ2n) is 13.1. The van der Waals surface area contributed by atoms with E-state index in [1.807, 2.05) is 0 Å². The van der Waals surface area contributed by atoms with E-state index in [2.05, 4.69) is 36.0 Å². The summed E-state index contributed by atoms with van der Waals surface area (Å²) in [5.41, 5.74) is 8.90. The van der Waals surface area contributed by atoms with Gasteiger partial charge < -0.3 is 16.2 Å². The van der Waals surface area contributed by atoms with Crippen LogP contribution in [0.3, 0.4) is 0 Å². The van der Waals surface area contributed by atoms with Gasteiger partial charge in [0, 0.05) is 22.3 Å². The number of benzene rings is 6. The summed E-state index contributed by atoms with van der Waals surface area (Å²) in [4.78, 5) is 10.3. The molecule has 0 aliphatic heterocycles. The Kier molecular flexibility index (Phi) is 11.7. The number of nitrogens with two attached hydrogens (primary N) is 1. The highest BCUT2D eigenvalue weighted by molar-refractivity contribution is 7.87. The number of nitrogens with one attached hydrogen (secondary N) is 1. The summed E-state index contributed by atoms with van der Waals surface area (Å²) in [6, 6.07) is 22.0. The summed E-state index contributed by atoms with van der Waals surface area (Å²) >= 11 is 0. The number of carbonyl (C=O) groups excluding carboxylic acids is 1. The zero-order chi connectivity index (χ0) is 43.7. The van der Waals surface area contributed by atoms with Crippen LogP contribution in [-0.4, -0.2) is 49.9 Å². The molecule has 0 aromatic heterocycles. The topological polar surface area (TPSA) is 313 Å². The van der Waals surface area contributed by atoms with E-state index in [0.29, 0.717) is 45.4 Å². The molecule has 60 heavy (non-hydrogen) atoms. The molecule has 0 fully saturated rings. The Morgan fingerprint density at radius 3 is 1.73 bits per heavy atom. The van der Waals surface area contributed by atoms with Gasteiger partial charge in [-0.05, 0) is 140 Å². The molecule has 0 bridgehead atoms. The van der Waals surface area contributed by atoms with E-state index in [4.69, 9.17) is 5.73 Å². The van der Waals surface area contributed by atoms with E-state index in [1.165, 1.54) is 36.4 Å². The number of phenols is 1. The van der Waals surface area contributed by atoms with Crippen molar-refractivity contribution in [1.82, 2.24) is 0 Å². The molecule has 7 N–H and O–H groups in total. The molecule has 308 valence electrons. The van der Waals surface area contributed by atoms with Crippen LogP contribution in [0.25, 0.3) is 10.8 Å². The number of aromatic hydroxyl groups is 1. The smallest absolute Gasteiger partial charge is 0.296 e. The van der Waals surface area contributed by atoms with Gasteiger partial charge in [-0.1, -0.05) is 0 Å². The van der Waals surface area contributed by atoms with Crippen molar-refractivity contribution in [2.45, 2.75) is 35.5 Å². The predicted molar refractivity (Wildman–Crippen MR) is 220 cm³/mol. The largest absolute Gasteiger partial charge is 0.505 e. The van der Waals surface area contributed by atoms with Gasteiger partial charge >= 0.3 is 0 Å². The lowest BCUT2D eigenvalue weighted by molar-refractivity contribution is 0.102. The molecule has 6 aromatic carbocycles. The fourth-order valence-electron chi connectivity index (χ4n) is 5.64. The van der Waals surface area contributed by atoms with Crippen LogP contribution in [0.2, 0.25) is 0 Å². The van der Waals surface area contributed by atoms with Crippen LogP contribution < -0.4 is 11.1 Å². The van der Waals surface area contributed by atoms with Crippen molar-refractivity contribution in [3.63, 3.8) is 0 Å². The minimum atomic E-state index is -4.95. The molecule has 0 saturated heterocycles. The second kappa shape index (κ2) is 16.4. The van der Waals surface area contributed by atoms with Gasteiger partial charge in [-0.2, -0.15) is 45.7 Å². The highest BCUT2D eigenvalue weighted by Gasteiger charge is 2.23. The first kappa shape index (κ1) is 42.8. The first-order valence-corrected chi connectivity index (χ1v) is 21.4. The van der Waals surface area contributed by atoms with Crippen molar-refractivity contribution in [3.8, 4) is 5.75 Å². The number of anilines is 2. The van der Waals surface area contributed by atoms with Crippen LogP contribution in [0.5, 0.6) is 5.75 Å². The fourth-order valence-corrected chi connectivity index (χ4v) is 7.53. The van der Waals surface area contributed by atoms with Crippen LogP contribution in [0.15, 0.2) is 142 Å². The van der Waals surface area contributed by atoms with Crippen molar-refractivity contribution in [2.75, 3.05) is 11.1 Å². The van der Waals surface area contributed by atoms with Crippen molar-refractivity contribution in [1.29, 1.82) is 0 Å². The standard InChI is InChI=1S/C38H32N8O11S3/c1-20-14-27(9-12-30(20)42-43-31-13-10-28(58(49,50)51)19-34(31)59(52,53)54)41-44-32-15-22(3)33(16-21(32)2)45-46-36-35(60(55,56)57)18-24-17-26(8-11-29(24)37(36)47)40-38(48)23-4-6-25(39)7-5-23/h4-19,47H,39H2,1-3H3,(H,40,48)(H,49,50,51)(H,52,53,54)(H,55,56,57). The number of azo groups is 3. The third kappa shape index (κ3) is 9.71. The quantitative estimate of drug-likeness (QED) is 0.0403. The Balaban J connectivity index is 1.22. The number of phenolic OH excluding ortho intramolecular Hbond substituents is 1. The van der Waals surface area contributed by atoms with Gasteiger partial charge in [0.1, 0.15) is 21.2 Å². The summed E-state index contributed by atoms with van der Waals surface area (Å²) in [5, 5.41) is 38.8. The SMILES string of the molecule is Cc1cc(N=Nc2c(S(=O)(=O)O)cc3cc(NC(=O)c4ccc(N)cc4)ccc3c2O)c(C)cc1N=Nc1ccc(N=Nc2ccc(S(=O)(=O)O)cc2S(=O)(=O)O)c(C)c1. The number of nitrogens with zero attached hydrogens (tertiary/aromatic N) is 6. The maximum Gasteiger partial charge on any atom is 0.296 e. The van der Waals surface area contributed by atoms with Crippen LogP contribution in [0.1, 0.15) is 27.0 Å².